The molecule has 5 rings (SSSR count). The van der Waals surface area contributed by atoms with Gasteiger partial charge in [-0.2, -0.15) is 4.31 Å². The zero-order chi connectivity index (χ0) is 28.3. The van der Waals surface area contributed by atoms with Gasteiger partial charge in [0.15, 0.2) is 18.1 Å². The Morgan fingerprint density at radius 1 is 0.950 bits per heavy atom. The van der Waals surface area contributed by atoms with Gasteiger partial charge in [-0.25, -0.2) is 17.6 Å². The predicted molar refractivity (Wildman–Crippen MR) is 139 cm³/mol. The van der Waals surface area contributed by atoms with Crippen molar-refractivity contribution >= 4 is 33.6 Å². The second-order valence-corrected chi connectivity index (χ2v) is 10.8. The predicted octanol–water partition coefficient (Wildman–Crippen LogP) is 2.60. The highest BCUT2D eigenvalue weighted by Crippen LogP contribution is 2.33. The first kappa shape index (κ1) is 27.1. The molecular formula is C27H24FN3O8S. The van der Waals surface area contributed by atoms with Crippen LogP contribution in [0.15, 0.2) is 71.6 Å². The lowest BCUT2D eigenvalue weighted by molar-refractivity contribution is -0.152. The number of carbonyl (C=O) groups excluding carboxylic acids is 3. The zero-order valence-corrected chi connectivity index (χ0v) is 21.8. The summed E-state index contributed by atoms with van der Waals surface area (Å²) in [7, 11) is -4.45. The summed E-state index contributed by atoms with van der Waals surface area (Å²) in [6.07, 6.45) is -0.0467. The third-order valence-electron chi connectivity index (χ3n) is 6.30. The maximum absolute atomic E-state index is 14.5. The van der Waals surface area contributed by atoms with Crippen LogP contribution in [0.5, 0.6) is 11.5 Å². The molecule has 0 fully saturated rings. The number of carbonyl (C=O) groups is 3. The molecule has 2 aliphatic heterocycles. The highest BCUT2D eigenvalue weighted by atomic mass is 32.2. The molecule has 0 aromatic heterocycles. The second-order valence-electron chi connectivity index (χ2n) is 8.94. The molecule has 0 radical (unpaired) electrons. The fourth-order valence-corrected chi connectivity index (χ4v) is 6.03. The van der Waals surface area contributed by atoms with Crippen LogP contribution in [0.1, 0.15) is 11.1 Å². The van der Waals surface area contributed by atoms with E-state index in [2.05, 4.69) is 5.32 Å². The number of amides is 3. The molecular weight excluding hydrogens is 545 g/mol. The largest absolute Gasteiger partial charge is 0.486 e. The Bertz CT molecular complexity index is 1580. The Morgan fingerprint density at radius 3 is 2.42 bits per heavy atom. The van der Waals surface area contributed by atoms with Gasteiger partial charge >= 0.3 is 12.0 Å². The molecule has 3 aromatic rings. The number of benzene rings is 3. The number of nitrogens with one attached hydrogen (secondary N) is 2. The molecule has 13 heteroatoms. The molecule has 2 N–H and O–H groups in total. The number of sulfonamides is 1. The van der Waals surface area contributed by atoms with Crippen LogP contribution in [0.4, 0.5) is 14.9 Å². The molecule has 11 nitrogen and oxygen atoms in total. The summed E-state index contributed by atoms with van der Waals surface area (Å²) in [6, 6.07) is 14.3. The minimum absolute atomic E-state index is 0.0467. The minimum atomic E-state index is -4.45. The molecule has 0 bridgehead atoms. The highest BCUT2D eigenvalue weighted by Gasteiger charge is 2.41. The number of rotatable bonds is 6. The molecule has 2 heterocycles. The quantitative estimate of drug-likeness (QED) is 0.432. The van der Waals surface area contributed by atoms with Crippen molar-refractivity contribution in [1.82, 2.24) is 9.62 Å². The fourth-order valence-electron chi connectivity index (χ4n) is 4.41. The van der Waals surface area contributed by atoms with Crippen molar-refractivity contribution in [3.63, 3.8) is 0 Å². The lowest BCUT2D eigenvalue weighted by Crippen LogP contribution is -2.50. The van der Waals surface area contributed by atoms with Crippen molar-refractivity contribution in [3.8, 4) is 11.5 Å². The van der Waals surface area contributed by atoms with Crippen LogP contribution in [0.3, 0.4) is 0 Å². The van der Waals surface area contributed by atoms with Crippen molar-refractivity contribution in [1.29, 1.82) is 0 Å². The number of halogens is 1. The number of imide groups is 1. The van der Waals surface area contributed by atoms with E-state index in [-0.39, 0.29) is 13.0 Å². The van der Waals surface area contributed by atoms with Gasteiger partial charge in [-0.05, 0) is 35.4 Å². The summed E-state index contributed by atoms with van der Waals surface area (Å²) in [5.74, 6) is -1.96. The summed E-state index contributed by atoms with van der Waals surface area (Å²) in [5.41, 5.74) is 1.70. The number of fused-ring (bicyclic) bond motifs is 2. The van der Waals surface area contributed by atoms with E-state index in [9.17, 15) is 27.2 Å². The number of esters is 1. The van der Waals surface area contributed by atoms with E-state index in [1.807, 2.05) is 5.32 Å². The van der Waals surface area contributed by atoms with Crippen LogP contribution < -0.4 is 20.1 Å². The lowest BCUT2D eigenvalue weighted by atomic mass is 9.96. The van der Waals surface area contributed by atoms with Crippen molar-refractivity contribution in [2.75, 3.05) is 25.1 Å². The average molecular weight is 570 g/mol. The van der Waals surface area contributed by atoms with E-state index in [0.717, 1.165) is 16.4 Å². The van der Waals surface area contributed by atoms with Gasteiger partial charge in [-0.15, -0.1) is 0 Å². The first-order valence-corrected chi connectivity index (χ1v) is 13.7. The van der Waals surface area contributed by atoms with E-state index in [1.54, 1.807) is 36.4 Å². The molecule has 1 unspecified atom stereocenters. The van der Waals surface area contributed by atoms with Gasteiger partial charge in [0.1, 0.15) is 30.0 Å². The van der Waals surface area contributed by atoms with Gasteiger partial charge in [0.25, 0.3) is 5.91 Å². The van der Waals surface area contributed by atoms with Crippen molar-refractivity contribution in [2.24, 2.45) is 0 Å². The SMILES string of the molecule is O=C(COC(=O)C1Cc2ccccc2CN1S(=O)(=O)c1ccccc1F)NC(=O)Nc1ccc2c(c1)OCCO2. The Balaban J connectivity index is 1.24. The van der Waals surface area contributed by atoms with Gasteiger partial charge in [0.05, 0.1) is 0 Å². The molecule has 1 atom stereocenters. The lowest BCUT2D eigenvalue weighted by Gasteiger charge is -2.34. The monoisotopic (exact) mass is 569 g/mol. The highest BCUT2D eigenvalue weighted by molar-refractivity contribution is 7.89. The Hall–Kier alpha value is -4.49. The molecule has 0 aliphatic carbocycles. The third-order valence-corrected chi connectivity index (χ3v) is 8.19. The molecule has 208 valence electrons. The standard InChI is InChI=1S/C27H24FN3O8S/c28-20-7-3-4-8-24(20)40(35,36)31-15-18-6-2-1-5-17(18)13-21(31)26(33)39-16-25(32)30-27(34)29-19-9-10-22-23(14-19)38-12-11-37-22/h1-10,14,21H,11-13,15-16H2,(H2,29,30,32,34). The first-order valence-electron chi connectivity index (χ1n) is 12.2. The van der Waals surface area contributed by atoms with E-state index >= 15 is 0 Å². The Kier molecular flexibility index (Phi) is 7.67. The van der Waals surface area contributed by atoms with Crippen LogP contribution in [0, 0.1) is 5.82 Å². The Morgan fingerprint density at radius 2 is 1.65 bits per heavy atom. The normalized spacial score (nSPS) is 16.4. The first-order chi connectivity index (χ1) is 19.2. The number of nitrogens with zero attached hydrogens (tertiary/aromatic N) is 1. The topological polar surface area (TPSA) is 140 Å². The smallest absolute Gasteiger partial charge is 0.325 e. The van der Waals surface area contributed by atoms with Crippen LogP contribution in [0.25, 0.3) is 0 Å². The van der Waals surface area contributed by atoms with Gasteiger partial charge < -0.3 is 19.5 Å². The molecule has 3 aromatic carbocycles. The fraction of sp³-hybridized carbons (Fsp3) is 0.222. The molecule has 2 aliphatic rings. The van der Waals surface area contributed by atoms with E-state index in [1.165, 1.54) is 18.2 Å². The van der Waals surface area contributed by atoms with Crippen molar-refractivity contribution in [2.45, 2.75) is 23.9 Å². The summed E-state index contributed by atoms with van der Waals surface area (Å²) >= 11 is 0. The number of urea groups is 1. The molecule has 0 saturated heterocycles. The number of ether oxygens (including phenoxy) is 3. The van der Waals surface area contributed by atoms with Crippen molar-refractivity contribution < 1.29 is 41.4 Å². The number of anilines is 1. The van der Waals surface area contributed by atoms with E-state index in [0.29, 0.717) is 41.5 Å². The Labute approximate surface area is 228 Å². The van der Waals surface area contributed by atoms with Gasteiger partial charge in [0.2, 0.25) is 10.0 Å². The average Bonchev–Trinajstić information content (AvgIpc) is 2.95. The van der Waals surface area contributed by atoms with Crippen LogP contribution in [-0.2, 0) is 37.3 Å². The zero-order valence-electron chi connectivity index (χ0n) is 21.0. The van der Waals surface area contributed by atoms with E-state index in [4.69, 9.17) is 14.2 Å². The van der Waals surface area contributed by atoms with E-state index < -0.39 is 51.3 Å². The minimum Gasteiger partial charge on any atom is -0.486 e. The summed E-state index contributed by atoms with van der Waals surface area (Å²) in [5, 5.41) is 4.50. The van der Waals surface area contributed by atoms with Crippen LogP contribution >= 0.6 is 0 Å². The summed E-state index contributed by atoms with van der Waals surface area (Å²) in [6.45, 7) is -0.276. The molecule has 0 saturated carbocycles. The molecule has 40 heavy (non-hydrogen) atoms. The van der Waals surface area contributed by atoms with Crippen LogP contribution in [-0.4, -0.2) is 56.5 Å². The van der Waals surface area contributed by atoms with Gasteiger partial charge in [-0.1, -0.05) is 36.4 Å². The third kappa shape index (κ3) is 5.75. The summed E-state index contributed by atoms with van der Waals surface area (Å²) < 4.78 is 58.1. The van der Waals surface area contributed by atoms with Gasteiger partial charge in [-0.3, -0.25) is 14.9 Å². The summed E-state index contributed by atoms with van der Waals surface area (Å²) in [4.78, 5) is 37.1. The maximum Gasteiger partial charge on any atom is 0.325 e. The van der Waals surface area contributed by atoms with Crippen LogP contribution in [0.2, 0.25) is 0 Å². The molecule has 3 amide bonds. The van der Waals surface area contributed by atoms with Gasteiger partial charge in [0, 0.05) is 24.7 Å². The molecule has 0 spiro atoms. The maximum atomic E-state index is 14.5. The number of hydrogen-bond donors (Lipinski definition) is 2. The second kappa shape index (κ2) is 11.3. The number of hydrogen-bond acceptors (Lipinski definition) is 8. The van der Waals surface area contributed by atoms with Crippen molar-refractivity contribution in [3.05, 3.63) is 83.7 Å².